The van der Waals surface area contributed by atoms with Crippen LogP contribution < -0.4 is 10.4 Å². The fraction of sp³-hybridized carbons (Fsp3) is 0.100. The van der Waals surface area contributed by atoms with Crippen LogP contribution in [0.3, 0.4) is 0 Å². The standard InChI is InChI=1S/C20H13F4N3O3/c21-17-9-12(15-3-1-2-4-16(15)25-17)10-26-11-18(28)27(19(26)29)13-5-7-14(8-6-13)30-20(22,23)24/h1-9,11,28H,10H2. The number of hydrogen-bond acceptors (Lipinski definition) is 4. The smallest absolute Gasteiger partial charge is 0.493 e. The number of hydrogen-bond donors (Lipinski definition) is 1. The highest BCUT2D eigenvalue weighted by Gasteiger charge is 2.31. The molecule has 154 valence electrons. The van der Waals surface area contributed by atoms with E-state index in [1.807, 2.05) is 0 Å². The molecule has 6 nitrogen and oxygen atoms in total. The lowest BCUT2D eigenvalue weighted by Gasteiger charge is -2.09. The minimum atomic E-state index is -4.84. The highest BCUT2D eigenvalue weighted by Crippen LogP contribution is 2.25. The van der Waals surface area contributed by atoms with Gasteiger partial charge in [-0.15, -0.1) is 13.2 Å². The van der Waals surface area contributed by atoms with E-state index in [0.717, 1.165) is 27.5 Å². The molecule has 1 N–H and O–H groups in total. The number of halogens is 4. The van der Waals surface area contributed by atoms with Crippen LogP contribution in [0.2, 0.25) is 0 Å². The average Bonchev–Trinajstić information content (AvgIpc) is 2.94. The summed E-state index contributed by atoms with van der Waals surface area (Å²) >= 11 is 0. The molecule has 0 aliphatic carbocycles. The summed E-state index contributed by atoms with van der Waals surface area (Å²) in [6, 6.07) is 12.5. The Labute approximate surface area is 166 Å². The van der Waals surface area contributed by atoms with Crippen LogP contribution in [0.4, 0.5) is 17.6 Å². The van der Waals surface area contributed by atoms with Gasteiger partial charge in [-0.05, 0) is 42.0 Å². The molecule has 0 atom stereocenters. The number of ether oxygens (including phenoxy) is 1. The molecule has 0 saturated carbocycles. The molecule has 0 fully saturated rings. The molecule has 0 aliphatic heterocycles. The zero-order chi connectivity index (χ0) is 21.5. The first-order valence-electron chi connectivity index (χ1n) is 8.63. The van der Waals surface area contributed by atoms with Gasteiger partial charge in [0.15, 0.2) is 0 Å². The number of para-hydroxylation sites is 1. The number of nitrogens with zero attached hydrogens (tertiary/aromatic N) is 3. The van der Waals surface area contributed by atoms with Gasteiger partial charge in [0.05, 0.1) is 23.9 Å². The van der Waals surface area contributed by atoms with Crippen molar-refractivity contribution in [2.45, 2.75) is 12.9 Å². The molecular weight excluding hydrogens is 406 g/mol. The molecule has 0 unspecified atom stereocenters. The maximum absolute atomic E-state index is 13.9. The Kier molecular flexibility index (Phi) is 4.69. The number of alkyl halides is 3. The van der Waals surface area contributed by atoms with Crippen LogP contribution in [0.15, 0.2) is 65.6 Å². The molecule has 0 radical (unpaired) electrons. The van der Waals surface area contributed by atoms with Crippen molar-refractivity contribution in [1.29, 1.82) is 0 Å². The second-order valence-electron chi connectivity index (χ2n) is 6.40. The summed E-state index contributed by atoms with van der Waals surface area (Å²) in [4.78, 5) is 16.6. The van der Waals surface area contributed by atoms with Crippen molar-refractivity contribution in [3.05, 3.63) is 82.8 Å². The van der Waals surface area contributed by atoms with E-state index >= 15 is 0 Å². The van der Waals surface area contributed by atoms with E-state index in [1.54, 1.807) is 24.3 Å². The number of pyridine rings is 1. The number of benzene rings is 2. The lowest BCUT2D eigenvalue weighted by atomic mass is 10.1. The fourth-order valence-electron chi connectivity index (χ4n) is 3.16. The van der Waals surface area contributed by atoms with Crippen LogP contribution >= 0.6 is 0 Å². The molecule has 2 aromatic carbocycles. The van der Waals surface area contributed by atoms with Crippen LogP contribution in [0.5, 0.6) is 11.6 Å². The molecule has 30 heavy (non-hydrogen) atoms. The normalized spacial score (nSPS) is 11.7. The number of fused-ring (bicyclic) bond motifs is 1. The fourth-order valence-corrected chi connectivity index (χ4v) is 3.16. The molecule has 4 aromatic rings. The van der Waals surface area contributed by atoms with Crippen molar-refractivity contribution in [1.82, 2.24) is 14.1 Å². The van der Waals surface area contributed by atoms with Gasteiger partial charge in [-0.1, -0.05) is 18.2 Å². The SMILES string of the molecule is O=c1n(Cc2cc(F)nc3ccccc23)cc(O)n1-c1ccc(OC(F)(F)F)cc1. The summed E-state index contributed by atoms with van der Waals surface area (Å²) in [5, 5.41) is 10.9. The van der Waals surface area contributed by atoms with Crippen LogP contribution in [0, 0.1) is 5.95 Å². The van der Waals surface area contributed by atoms with Crippen LogP contribution in [-0.4, -0.2) is 25.6 Å². The van der Waals surface area contributed by atoms with Crippen LogP contribution in [0.25, 0.3) is 16.6 Å². The topological polar surface area (TPSA) is 69.3 Å². The summed E-state index contributed by atoms with van der Waals surface area (Å²) < 4.78 is 56.6. The Morgan fingerprint density at radius 2 is 1.77 bits per heavy atom. The molecule has 4 rings (SSSR count). The summed E-state index contributed by atoms with van der Waals surface area (Å²) in [6.45, 7) is -0.0470. The molecule has 0 saturated heterocycles. The van der Waals surface area contributed by atoms with Gasteiger partial charge >= 0.3 is 12.1 Å². The first kappa shape index (κ1) is 19.5. The van der Waals surface area contributed by atoms with E-state index in [4.69, 9.17) is 0 Å². The first-order chi connectivity index (χ1) is 14.2. The van der Waals surface area contributed by atoms with Gasteiger partial charge in [0, 0.05) is 5.39 Å². The van der Waals surface area contributed by atoms with E-state index in [2.05, 4.69) is 9.72 Å². The maximum Gasteiger partial charge on any atom is 0.573 e. The van der Waals surface area contributed by atoms with E-state index in [-0.39, 0.29) is 12.2 Å². The van der Waals surface area contributed by atoms with Gasteiger partial charge in [-0.3, -0.25) is 4.57 Å². The Hall–Kier alpha value is -3.82. The van der Waals surface area contributed by atoms with Gasteiger partial charge in [-0.25, -0.2) is 14.3 Å². The Balaban J connectivity index is 1.69. The summed E-state index contributed by atoms with van der Waals surface area (Å²) in [7, 11) is 0. The Morgan fingerprint density at radius 1 is 1.07 bits per heavy atom. The zero-order valence-corrected chi connectivity index (χ0v) is 15.1. The van der Waals surface area contributed by atoms with Crippen molar-refractivity contribution in [2.75, 3.05) is 0 Å². The lowest BCUT2D eigenvalue weighted by molar-refractivity contribution is -0.274. The van der Waals surface area contributed by atoms with Crippen LogP contribution in [-0.2, 0) is 6.54 Å². The predicted molar refractivity (Wildman–Crippen MR) is 99.2 cm³/mol. The van der Waals surface area contributed by atoms with Crippen molar-refractivity contribution in [2.24, 2.45) is 0 Å². The van der Waals surface area contributed by atoms with E-state index in [0.29, 0.717) is 16.5 Å². The third-order valence-electron chi connectivity index (χ3n) is 4.38. The van der Waals surface area contributed by atoms with Crippen molar-refractivity contribution < 1.29 is 27.4 Å². The van der Waals surface area contributed by atoms with Gasteiger partial charge in [0.25, 0.3) is 0 Å². The number of imidazole rings is 1. The maximum atomic E-state index is 13.9. The predicted octanol–water partition coefficient (Wildman–Crippen LogP) is 3.98. The molecule has 10 heteroatoms. The minimum Gasteiger partial charge on any atom is -0.493 e. The van der Waals surface area contributed by atoms with E-state index in [1.165, 1.54) is 18.2 Å². The molecule has 0 spiro atoms. The minimum absolute atomic E-state index is 0.0470. The van der Waals surface area contributed by atoms with Crippen molar-refractivity contribution in [3.8, 4) is 17.3 Å². The highest BCUT2D eigenvalue weighted by molar-refractivity contribution is 5.81. The van der Waals surface area contributed by atoms with Crippen molar-refractivity contribution in [3.63, 3.8) is 0 Å². The number of rotatable bonds is 4. The van der Waals surface area contributed by atoms with Crippen molar-refractivity contribution >= 4 is 10.9 Å². The summed E-state index contributed by atoms with van der Waals surface area (Å²) in [5.74, 6) is -1.60. The molecular formula is C20H13F4N3O3. The molecule has 2 heterocycles. The van der Waals surface area contributed by atoms with Gasteiger partial charge in [-0.2, -0.15) is 4.39 Å². The second-order valence-corrected chi connectivity index (χ2v) is 6.40. The van der Waals surface area contributed by atoms with Gasteiger partial charge in [0.1, 0.15) is 5.75 Å². The average molecular weight is 419 g/mol. The first-order valence-corrected chi connectivity index (χ1v) is 8.63. The van der Waals surface area contributed by atoms with E-state index < -0.39 is 29.6 Å². The van der Waals surface area contributed by atoms with Crippen LogP contribution in [0.1, 0.15) is 5.56 Å². The quantitative estimate of drug-likeness (QED) is 0.401. The monoisotopic (exact) mass is 419 g/mol. The van der Waals surface area contributed by atoms with Gasteiger partial charge in [0.2, 0.25) is 11.8 Å². The Morgan fingerprint density at radius 3 is 2.47 bits per heavy atom. The van der Waals surface area contributed by atoms with E-state index in [9.17, 15) is 27.5 Å². The third-order valence-corrected chi connectivity index (χ3v) is 4.38. The molecule has 2 aromatic heterocycles. The molecule has 0 bridgehead atoms. The largest absolute Gasteiger partial charge is 0.573 e. The number of aromatic nitrogens is 3. The lowest BCUT2D eigenvalue weighted by Crippen LogP contribution is -2.23. The highest BCUT2D eigenvalue weighted by atomic mass is 19.4. The molecule has 0 amide bonds. The summed E-state index contributed by atoms with van der Waals surface area (Å²) in [5.41, 5.74) is 0.380. The van der Waals surface area contributed by atoms with Gasteiger partial charge < -0.3 is 9.84 Å². The second kappa shape index (κ2) is 7.21. The number of aromatic hydroxyl groups is 1. The Bertz CT molecular complexity index is 1280. The summed E-state index contributed by atoms with van der Waals surface area (Å²) in [6.07, 6.45) is -3.68. The zero-order valence-electron chi connectivity index (χ0n) is 15.1. The third kappa shape index (κ3) is 3.84. The molecule has 0 aliphatic rings.